The molecule has 0 saturated heterocycles. The van der Waals surface area contributed by atoms with Crippen molar-refractivity contribution in [2.24, 2.45) is 0 Å². The molecule has 100 valence electrons. The molecule has 1 aromatic carbocycles. The molecule has 0 aliphatic carbocycles. The lowest BCUT2D eigenvalue weighted by atomic mass is 10.0. The minimum absolute atomic E-state index is 0.155. The Hall–Kier alpha value is -2.76. The van der Waals surface area contributed by atoms with Gasteiger partial charge in [0.1, 0.15) is 11.6 Å². The Bertz CT molecular complexity index is 753. The smallest absolute Gasteiger partial charge is 0.153 e. The first-order valence-electron chi connectivity index (χ1n) is 5.86. The summed E-state index contributed by atoms with van der Waals surface area (Å²) in [5.74, 6) is -1.17. The van der Waals surface area contributed by atoms with Crippen molar-refractivity contribution < 1.29 is 8.78 Å². The number of aromatic amines is 1. The maximum Gasteiger partial charge on any atom is 0.153 e. The van der Waals surface area contributed by atoms with E-state index in [-0.39, 0.29) is 11.4 Å². The highest BCUT2D eigenvalue weighted by molar-refractivity contribution is 5.87. The van der Waals surface area contributed by atoms with E-state index in [0.717, 1.165) is 11.6 Å². The summed E-state index contributed by atoms with van der Waals surface area (Å²) in [5.41, 5.74) is 7.74. The Kier molecular flexibility index (Phi) is 2.90. The topological polar surface area (TPSA) is 67.6 Å². The van der Waals surface area contributed by atoms with Crippen molar-refractivity contribution in [1.82, 2.24) is 15.2 Å². The highest BCUT2D eigenvalue weighted by Gasteiger charge is 2.18. The van der Waals surface area contributed by atoms with Gasteiger partial charge in [0.05, 0.1) is 11.3 Å². The normalized spacial score (nSPS) is 10.7. The largest absolute Gasteiger partial charge is 0.382 e. The maximum absolute atomic E-state index is 13.9. The third kappa shape index (κ3) is 2.01. The second kappa shape index (κ2) is 4.73. The third-order valence-electron chi connectivity index (χ3n) is 2.96. The predicted octanol–water partition coefficient (Wildman–Crippen LogP) is 3.00. The number of nitrogens with two attached hydrogens (primary N) is 1. The molecule has 0 spiro atoms. The summed E-state index contributed by atoms with van der Waals surface area (Å²) < 4.78 is 27.0. The quantitative estimate of drug-likeness (QED) is 0.753. The molecule has 20 heavy (non-hydrogen) atoms. The molecule has 3 aromatic rings. The van der Waals surface area contributed by atoms with Crippen LogP contribution in [0.4, 0.5) is 14.6 Å². The van der Waals surface area contributed by atoms with E-state index in [1.807, 2.05) is 0 Å². The van der Waals surface area contributed by atoms with Crippen LogP contribution in [-0.4, -0.2) is 15.2 Å². The van der Waals surface area contributed by atoms with Gasteiger partial charge < -0.3 is 5.73 Å². The summed E-state index contributed by atoms with van der Waals surface area (Å²) in [7, 11) is 0. The van der Waals surface area contributed by atoms with Crippen LogP contribution in [-0.2, 0) is 0 Å². The highest BCUT2D eigenvalue weighted by Crippen LogP contribution is 2.35. The molecule has 0 radical (unpaired) electrons. The predicted molar refractivity (Wildman–Crippen MR) is 71.6 cm³/mol. The fourth-order valence-corrected chi connectivity index (χ4v) is 2.05. The van der Waals surface area contributed by atoms with E-state index in [4.69, 9.17) is 5.73 Å². The zero-order valence-electron chi connectivity index (χ0n) is 10.3. The molecule has 3 rings (SSSR count). The van der Waals surface area contributed by atoms with E-state index in [1.54, 1.807) is 24.5 Å². The van der Waals surface area contributed by atoms with Crippen LogP contribution in [0.5, 0.6) is 0 Å². The molecule has 0 aliphatic rings. The minimum Gasteiger partial charge on any atom is -0.382 e. The number of hydrogen-bond donors (Lipinski definition) is 2. The van der Waals surface area contributed by atoms with Crippen molar-refractivity contribution in [2.45, 2.75) is 0 Å². The molecular weight excluding hydrogens is 262 g/mol. The van der Waals surface area contributed by atoms with Crippen LogP contribution in [0.3, 0.4) is 0 Å². The number of aromatic nitrogens is 3. The van der Waals surface area contributed by atoms with E-state index in [9.17, 15) is 8.78 Å². The molecule has 0 unspecified atom stereocenters. The number of benzene rings is 1. The van der Waals surface area contributed by atoms with Crippen molar-refractivity contribution in [3.63, 3.8) is 0 Å². The molecule has 0 amide bonds. The van der Waals surface area contributed by atoms with Crippen molar-refractivity contribution in [2.75, 3.05) is 5.73 Å². The van der Waals surface area contributed by atoms with Crippen LogP contribution in [0.25, 0.3) is 22.4 Å². The van der Waals surface area contributed by atoms with Crippen molar-refractivity contribution in [3.05, 3.63) is 54.4 Å². The van der Waals surface area contributed by atoms with Gasteiger partial charge in [-0.25, -0.2) is 8.78 Å². The zero-order valence-corrected chi connectivity index (χ0v) is 10.3. The Morgan fingerprint density at radius 3 is 2.50 bits per heavy atom. The summed E-state index contributed by atoms with van der Waals surface area (Å²) in [6.07, 6.45) is 3.22. The average Bonchev–Trinajstić information content (AvgIpc) is 2.82. The van der Waals surface area contributed by atoms with Crippen molar-refractivity contribution >= 4 is 5.82 Å². The number of anilines is 1. The van der Waals surface area contributed by atoms with Crippen LogP contribution in [0.2, 0.25) is 0 Å². The Balaban J connectivity index is 2.22. The molecule has 2 aromatic heterocycles. The van der Waals surface area contributed by atoms with Gasteiger partial charge in [0.15, 0.2) is 5.82 Å². The zero-order chi connectivity index (χ0) is 14.1. The van der Waals surface area contributed by atoms with Crippen molar-refractivity contribution in [1.29, 1.82) is 0 Å². The number of halogens is 2. The Labute approximate surface area is 113 Å². The molecule has 0 atom stereocenters. The second-order valence-electron chi connectivity index (χ2n) is 4.22. The van der Waals surface area contributed by atoms with Gasteiger partial charge in [-0.2, -0.15) is 5.10 Å². The summed E-state index contributed by atoms with van der Waals surface area (Å²) in [5, 5.41) is 6.67. The van der Waals surface area contributed by atoms with Gasteiger partial charge in [0, 0.05) is 29.6 Å². The Morgan fingerprint density at radius 2 is 1.80 bits per heavy atom. The number of nitrogens with one attached hydrogen (secondary N) is 1. The molecule has 2 heterocycles. The number of nitrogen functional groups attached to an aromatic ring is 1. The first-order valence-corrected chi connectivity index (χ1v) is 5.86. The fraction of sp³-hybridized carbons (Fsp3) is 0. The van der Waals surface area contributed by atoms with Crippen LogP contribution in [0.15, 0.2) is 42.7 Å². The van der Waals surface area contributed by atoms with Gasteiger partial charge >= 0.3 is 0 Å². The van der Waals surface area contributed by atoms with Gasteiger partial charge in [-0.1, -0.05) is 0 Å². The molecular formula is C14H10F2N4. The number of H-pyrrole nitrogens is 1. The average molecular weight is 272 g/mol. The molecule has 0 aliphatic heterocycles. The summed E-state index contributed by atoms with van der Waals surface area (Å²) >= 11 is 0. The van der Waals surface area contributed by atoms with Gasteiger partial charge in [0.2, 0.25) is 0 Å². The second-order valence-corrected chi connectivity index (χ2v) is 4.22. The summed E-state index contributed by atoms with van der Waals surface area (Å²) in [6, 6.07) is 6.84. The summed E-state index contributed by atoms with van der Waals surface area (Å²) in [6.45, 7) is 0. The van der Waals surface area contributed by atoms with E-state index in [2.05, 4.69) is 15.2 Å². The fourth-order valence-electron chi connectivity index (χ4n) is 2.05. The first kappa shape index (κ1) is 12.3. The number of rotatable bonds is 2. The monoisotopic (exact) mass is 272 g/mol. The minimum atomic E-state index is -0.687. The SMILES string of the molecule is Nc1n[nH]c(-c2ccncc2)c1-c1ccc(F)cc1F. The summed E-state index contributed by atoms with van der Waals surface area (Å²) in [4.78, 5) is 3.92. The highest BCUT2D eigenvalue weighted by atomic mass is 19.1. The standard InChI is InChI=1S/C14H10F2N4/c15-9-1-2-10(11(16)7-9)12-13(19-20-14(12)17)8-3-5-18-6-4-8/h1-7H,(H3,17,19,20). The van der Waals surface area contributed by atoms with Crippen LogP contribution >= 0.6 is 0 Å². The lowest BCUT2D eigenvalue weighted by molar-refractivity contribution is 0.585. The van der Waals surface area contributed by atoms with Gasteiger partial charge in [0.25, 0.3) is 0 Å². The first-order chi connectivity index (χ1) is 9.66. The van der Waals surface area contributed by atoms with Crippen LogP contribution < -0.4 is 5.73 Å². The lowest BCUT2D eigenvalue weighted by Gasteiger charge is -2.06. The molecule has 0 bridgehead atoms. The van der Waals surface area contributed by atoms with E-state index >= 15 is 0 Å². The molecule has 0 saturated carbocycles. The van der Waals surface area contributed by atoms with Crippen LogP contribution in [0.1, 0.15) is 0 Å². The Morgan fingerprint density at radius 1 is 1.05 bits per heavy atom. The van der Waals surface area contributed by atoms with E-state index in [0.29, 0.717) is 11.3 Å². The molecule has 4 nitrogen and oxygen atoms in total. The van der Waals surface area contributed by atoms with Gasteiger partial charge in [-0.15, -0.1) is 0 Å². The van der Waals surface area contributed by atoms with Crippen LogP contribution in [0, 0.1) is 11.6 Å². The molecule has 3 N–H and O–H groups in total. The molecule has 6 heteroatoms. The lowest BCUT2D eigenvalue weighted by Crippen LogP contribution is -1.92. The van der Waals surface area contributed by atoms with Gasteiger partial charge in [-0.3, -0.25) is 10.1 Å². The van der Waals surface area contributed by atoms with E-state index in [1.165, 1.54) is 12.1 Å². The number of pyridine rings is 1. The van der Waals surface area contributed by atoms with Crippen molar-refractivity contribution in [3.8, 4) is 22.4 Å². The molecule has 0 fully saturated rings. The third-order valence-corrected chi connectivity index (χ3v) is 2.96. The maximum atomic E-state index is 13.9. The number of nitrogens with zero attached hydrogens (tertiary/aromatic N) is 2. The van der Waals surface area contributed by atoms with Gasteiger partial charge in [-0.05, 0) is 24.3 Å². The van der Waals surface area contributed by atoms with E-state index < -0.39 is 11.6 Å². The number of hydrogen-bond acceptors (Lipinski definition) is 3.